The van der Waals surface area contributed by atoms with Gasteiger partial charge in [0.25, 0.3) is 0 Å². The van der Waals surface area contributed by atoms with E-state index in [-0.39, 0.29) is 12.5 Å². The Bertz CT molecular complexity index is 654. The van der Waals surface area contributed by atoms with E-state index >= 15 is 0 Å². The van der Waals surface area contributed by atoms with Crippen LogP contribution in [0.25, 0.3) is 11.4 Å². The van der Waals surface area contributed by atoms with Crippen LogP contribution < -0.4 is 11.1 Å². The Kier molecular flexibility index (Phi) is 6.54. The Labute approximate surface area is 143 Å². The number of carbonyl (C=O) groups excluding carboxylic acids is 1. The molecule has 1 aromatic heterocycles. The number of rotatable bonds is 8. The minimum atomic E-state index is 0.0537. The van der Waals surface area contributed by atoms with Crippen molar-refractivity contribution in [3.63, 3.8) is 0 Å². The highest BCUT2D eigenvalue weighted by molar-refractivity contribution is 5.81. The Balaban J connectivity index is 2.08. The molecule has 24 heavy (non-hydrogen) atoms. The number of carbonyl (C=O) groups is 1. The predicted molar refractivity (Wildman–Crippen MR) is 97.5 cm³/mol. The van der Waals surface area contributed by atoms with Gasteiger partial charge in [-0.1, -0.05) is 44.2 Å². The van der Waals surface area contributed by atoms with Crippen molar-refractivity contribution in [1.82, 2.24) is 14.9 Å². The normalized spacial score (nSPS) is 10.4. The quantitative estimate of drug-likeness (QED) is 0.779. The van der Waals surface area contributed by atoms with Crippen LogP contribution in [0.2, 0.25) is 0 Å². The van der Waals surface area contributed by atoms with Crippen molar-refractivity contribution in [1.29, 1.82) is 0 Å². The van der Waals surface area contributed by atoms with Crippen molar-refractivity contribution < 1.29 is 4.79 Å². The highest BCUT2D eigenvalue weighted by Crippen LogP contribution is 2.20. The van der Waals surface area contributed by atoms with E-state index in [0.29, 0.717) is 17.3 Å². The predicted octanol–water partition coefficient (Wildman–Crippen LogP) is 2.79. The monoisotopic (exact) mass is 327 g/mol. The van der Waals surface area contributed by atoms with Crippen molar-refractivity contribution in [2.24, 2.45) is 0 Å². The van der Waals surface area contributed by atoms with E-state index in [2.05, 4.69) is 29.1 Å². The van der Waals surface area contributed by atoms with Crippen molar-refractivity contribution in [3.8, 4) is 11.4 Å². The zero-order chi connectivity index (χ0) is 17.4. The fraction of sp³-hybridized carbons (Fsp3) is 0.389. The molecule has 128 valence electrons. The first-order valence-electron chi connectivity index (χ1n) is 8.35. The lowest BCUT2D eigenvalue weighted by Crippen LogP contribution is -2.36. The first kappa shape index (κ1) is 17.7. The standard InChI is InChI=1S/C18H25N5O/c1-3-10-23(11-4-2)16(24)13-21-18-15(19)12-20-17(22-18)14-8-6-5-7-9-14/h5-9,12H,3-4,10-11,13,19H2,1-2H3,(H,20,21,22). The molecule has 0 saturated heterocycles. The van der Waals surface area contributed by atoms with Crippen molar-refractivity contribution in [2.75, 3.05) is 30.7 Å². The molecule has 0 bridgehead atoms. The molecule has 0 saturated carbocycles. The van der Waals surface area contributed by atoms with Crippen LogP contribution in [0.4, 0.5) is 11.5 Å². The average Bonchev–Trinajstić information content (AvgIpc) is 2.61. The van der Waals surface area contributed by atoms with Gasteiger partial charge in [-0.15, -0.1) is 0 Å². The van der Waals surface area contributed by atoms with Gasteiger partial charge in [0.2, 0.25) is 5.91 Å². The number of aromatic nitrogens is 2. The summed E-state index contributed by atoms with van der Waals surface area (Å²) in [5.41, 5.74) is 7.27. The summed E-state index contributed by atoms with van der Waals surface area (Å²) in [6, 6.07) is 9.67. The van der Waals surface area contributed by atoms with Gasteiger partial charge in [-0.25, -0.2) is 9.97 Å². The van der Waals surface area contributed by atoms with Crippen LogP contribution in [0.15, 0.2) is 36.5 Å². The van der Waals surface area contributed by atoms with Gasteiger partial charge in [0.05, 0.1) is 18.4 Å². The number of nitrogen functional groups attached to an aromatic ring is 1. The van der Waals surface area contributed by atoms with Gasteiger partial charge >= 0.3 is 0 Å². The van der Waals surface area contributed by atoms with Gasteiger partial charge in [0.15, 0.2) is 11.6 Å². The molecule has 1 amide bonds. The number of hydrogen-bond donors (Lipinski definition) is 2. The number of benzene rings is 1. The maximum Gasteiger partial charge on any atom is 0.241 e. The van der Waals surface area contributed by atoms with Gasteiger partial charge in [-0.3, -0.25) is 4.79 Å². The van der Waals surface area contributed by atoms with E-state index in [1.807, 2.05) is 35.2 Å². The van der Waals surface area contributed by atoms with Gasteiger partial charge in [0.1, 0.15) is 0 Å². The Morgan fingerprint density at radius 3 is 2.46 bits per heavy atom. The Hall–Kier alpha value is -2.63. The zero-order valence-corrected chi connectivity index (χ0v) is 14.3. The molecule has 6 nitrogen and oxygen atoms in total. The molecule has 6 heteroatoms. The second kappa shape index (κ2) is 8.86. The van der Waals surface area contributed by atoms with Gasteiger partial charge < -0.3 is 16.0 Å². The molecule has 2 aromatic rings. The number of hydrogen-bond acceptors (Lipinski definition) is 5. The molecule has 1 heterocycles. The number of anilines is 2. The average molecular weight is 327 g/mol. The van der Waals surface area contributed by atoms with E-state index in [1.165, 1.54) is 0 Å². The molecule has 1 aromatic carbocycles. The van der Waals surface area contributed by atoms with Crippen molar-refractivity contribution >= 4 is 17.4 Å². The molecule has 0 aliphatic carbocycles. The maximum absolute atomic E-state index is 12.3. The van der Waals surface area contributed by atoms with Crippen LogP contribution in [0.1, 0.15) is 26.7 Å². The molecule has 2 rings (SSSR count). The highest BCUT2D eigenvalue weighted by atomic mass is 16.2. The van der Waals surface area contributed by atoms with Crippen LogP contribution >= 0.6 is 0 Å². The van der Waals surface area contributed by atoms with Crippen LogP contribution in [-0.2, 0) is 4.79 Å². The number of nitrogens with zero attached hydrogens (tertiary/aromatic N) is 3. The topological polar surface area (TPSA) is 84.1 Å². The molecule has 0 fully saturated rings. The molecule has 0 aliphatic rings. The largest absolute Gasteiger partial charge is 0.394 e. The summed E-state index contributed by atoms with van der Waals surface area (Å²) >= 11 is 0. The SMILES string of the molecule is CCCN(CCC)C(=O)CNc1nc(-c2ccccc2)ncc1N. The lowest BCUT2D eigenvalue weighted by atomic mass is 10.2. The minimum absolute atomic E-state index is 0.0537. The molecular weight excluding hydrogens is 302 g/mol. The zero-order valence-electron chi connectivity index (χ0n) is 14.3. The van der Waals surface area contributed by atoms with E-state index in [0.717, 1.165) is 31.5 Å². The fourth-order valence-electron chi connectivity index (χ4n) is 2.43. The third kappa shape index (κ3) is 4.68. The summed E-state index contributed by atoms with van der Waals surface area (Å²) in [6.45, 7) is 5.84. The van der Waals surface area contributed by atoms with Crippen LogP contribution in [-0.4, -0.2) is 40.4 Å². The first-order chi connectivity index (χ1) is 11.7. The third-order valence-corrected chi connectivity index (χ3v) is 3.60. The smallest absolute Gasteiger partial charge is 0.241 e. The highest BCUT2D eigenvalue weighted by Gasteiger charge is 2.13. The summed E-state index contributed by atoms with van der Waals surface area (Å²) in [6.07, 6.45) is 3.46. The van der Waals surface area contributed by atoms with Gasteiger partial charge in [-0.2, -0.15) is 0 Å². The first-order valence-corrected chi connectivity index (χ1v) is 8.35. The van der Waals surface area contributed by atoms with Gasteiger partial charge in [0, 0.05) is 18.7 Å². The molecule has 0 spiro atoms. The maximum atomic E-state index is 12.3. The van der Waals surface area contributed by atoms with E-state index in [9.17, 15) is 4.79 Å². The third-order valence-electron chi connectivity index (χ3n) is 3.60. The second-order valence-electron chi connectivity index (χ2n) is 5.60. The molecular formula is C18H25N5O. The van der Waals surface area contributed by atoms with Crippen LogP contribution in [0, 0.1) is 0 Å². The molecule has 0 radical (unpaired) electrons. The lowest BCUT2D eigenvalue weighted by Gasteiger charge is -2.22. The van der Waals surface area contributed by atoms with E-state index in [1.54, 1.807) is 6.20 Å². The summed E-state index contributed by atoms with van der Waals surface area (Å²) in [5, 5.41) is 3.05. The Morgan fingerprint density at radius 1 is 1.17 bits per heavy atom. The molecule has 0 unspecified atom stereocenters. The fourth-order valence-corrected chi connectivity index (χ4v) is 2.43. The molecule has 3 N–H and O–H groups in total. The Morgan fingerprint density at radius 2 is 1.83 bits per heavy atom. The van der Waals surface area contributed by atoms with E-state index < -0.39 is 0 Å². The summed E-state index contributed by atoms with van der Waals surface area (Å²) < 4.78 is 0. The number of nitrogens with two attached hydrogens (primary N) is 1. The summed E-state index contributed by atoms with van der Waals surface area (Å²) in [4.78, 5) is 22.9. The minimum Gasteiger partial charge on any atom is -0.394 e. The summed E-state index contributed by atoms with van der Waals surface area (Å²) in [7, 11) is 0. The lowest BCUT2D eigenvalue weighted by molar-refractivity contribution is -0.129. The second-order valence-corrected chi connectivity index (χ2v) is 5.60. The van der Waals surface area contributed by atoms with Crippen molar-refractivity contribution in [3.05, 3.63) is 36.5 Å². The number of amides is 1. The van der Waals surface area contributed by atoms with Gasteiger partial charge in [-0.05, 0) is 12.8 Å². The number of nitrogens with one attached hydrogen (secondary N) is 1. The van der Waals surface area contributed by atoms with Crippen LogP contribution in [0.3, 0.4) is 0 Å². The van der Waals surface area contributed by atoms with Crippen LogP contribution in [0.5, 0.6) is 0 Å². The van der Waals surface area contributed by atoms with Crippen molar-refractivity contribution in [2.45, 2.75) is 26.7 Å². The molecule has 0 atom stereocenters. The van der Waals surface area contributed by atoms with E-state index in [4.69, 9.17) is 5.73 Å². The molecule has 0 aliphatic heterocycles. The summed E-state index contributed by atoms with van der Waals surface area (Å²) in [5.74, 6) is 1.13.